The maximum atomic E-state index is 12.9. The van der Waals surface area contributed by atoms with Crippen LogP contribution in [0.3, 0.4) is 0 Å². The lowest BCUT2D eigenvalue weighted by Gasteiger charge is -2.13. The zero-order valence-electron chi connectivity index (χ0n) is 9.78. The van der Waals surface area contributed by atoms with Crippen molar-refractivity contribution < 1.29 is 23.1 Å². The maximum Gasteiger partial charge on any atom is 0.417 e. The molecular weight excluding hydrogens is 295 g/mol. The summed E-state index contributed by atoms with van der Waals surface area (Å²) in [6.45, 7) is 0. The van der Waals surface area contributed by atoms with Gasteiger partial charge < -0.3 is 5.11 Å². The van der Waals surface area contributed by atoms with Crippen LogP contribution in [-0.2, 0) is 6.18 Å². The predicted molar refractivity (Wildman–Crippen MR) is 66.6 cm³/mol. The topological polar surface area (TPSA) is 50.2 Å². The van der Waals surface area contributed by atoms with Crippen LogP contribution in [0, 0.1) is 0 Å². The van der Waals surface area contributed by atoms with Gasteiger partial charge in [0.25, 0.3) is 0 Å². The number of hydrogen-bond donors (Lipinski definition) is 1. The van der Waals surface area contributed by atoms with Gasteiger partial charge in [0.1, 0.15) is 0 Å². The van der Waals surface area contributed by atoms with Gasteiger partial charge >= 0.3 is 12.1 Å². The van der Waals surface area contributed by atoms with Gasteiger partial charge in [-0.3, -0.25) is 4.98 Å². The van der Waals surface area contributed by atoms with E-state index in [0.717, 1.165) is 24.5 Å². The fourth-order valence-electron chi connectivity index (χ4n) is 1.72. The monoisotopic (exact) mass is 301 g/mol. The molecule has 0 atom stereocenters. The molecule has 1 aromatic heterocycles. The van der Waals surface area contributed by atoms with E-state index in [2.05, 4.69) is 4.98 Å². The predicted octanol–water partition coefficient (Wildman–Crippen LogP) is 4.12. The van der Waals surface area contributed by atoms with Crippen molar-refractivity contribution in [3.05, 3.63) is 52.8 Å². The molecule has 0 amide bonds. The molecule has 7 heteroatoms. The van der Waals surface area contributed by atoms with Gasteiger partial charge in [-0.1, -0.05) is 11.6 Å². The third-order valence-corrected chi connectivity index (χ3v) is 2.96. The highest BCUT2D eigenvalue weighted by Crippen LogP contribution is 2.39. The molecule has 0 bridgehead atoms. The van der Waals surface area contributed by atoms with Crippen molar-refractivity contribution in [3.8, 4) is 11.1 Å². The van der Waals surface area contributed by atoms with Crippen LogP contribution in [0.2, 0.25) is 5.02 Å². The van der Waals surface area contributed by atoms with Crippen molar-refractivity contribution in [2.45, 2.75) is 6.18 Å². The molecular formula is C13H7ClF3NO2. The molecule has 2 aromatic rings. The fourth-order valence-corrected chi connectivity index (χ4v) is 1.94. The zero-order chi connectivity index (χ0) is 14.9. The standard InChI is InChI=1S/C13H7ClF3NO2/c14-11-2-1-7(12(19)20)5-8(11)9-6-18-4-3-10(9)13(15,16)17/h1-6H,(H,19,20). The van der Waals surface area contributed by atoms with Crippen LogP contribution in [-0.4, -0.2) is 16.1 Å². The largest absolute Gasteiger partial charge is 0.478 e. The number of nitrogens with zero attached hydrogens (tertiary/aromatic N) is 1. The number of carboxylic acid groups (broad SMARTS) is 1. The highest BCUT2D eigenvalue weighted by Gasteiger charge is 2.34. The molecule has 0 radical (unpaired) electrons. The Morgan fingerprint density at radius 1 is 1.20 bits per heavy atom. The highest BCUT2D eigenvalue weighted by molar-refractivity contribution is 6.33. The first-order valence-electron chi connectivity index (χ1n) is 5.35. The van der Waals surface area contributed by atoms with Crippen LogP contribution in [0.25, 0.3) is 11.1 Å². The van der Waals surface area contributed by atoms with Gasteiger partial charge in [-0.25, -0.2) is 4.79 Å². The second-order valence-corrected chi connectivity index (χ2v) is 4.33. The smallest absolute Gasteiger partial charge is 0.417 e. The van der Waals surface area contributed by atoms with E-state index in [-0.39, 0.29) is 21.7 Å². The number of benzene rings is 1. The lowest BCUT2D eigenvalue weighted by molar-refractivity contribution is -0.137. The van der Waals surface area contributed by atoms with E-state index in [1.54, 1.807) is 0 Å². The van der Waals surface area contributed by atoms with E-state index >= 15 is 0 Å². The maximum absolute atomic E-state index is 12.9. The average molecular weight is 302 g/mol. The van der Waals surface area contributed by atoms with Crippen molar-refractivity contribution in [3.63, 3.8) is 0 Å². The van der Waals surface area contributed by atoms with Gasteiger partial charge in [-0.05, 0) is 24.3 Å². The average Bonchev–Trinajstić information content (AvgIpc) is 2.38. The van der Waals surface area contributed by atoms with Crippen molar-refractivity contribution in [2.75, 3.05) is 0 Å². The molecule has 0 fully saturated rings. The van der Waals surface area contributed by atoms with Gasteiger partial charge in [0.15, 0.2) is 0 Å². The summed E-state index contributed by atoms with van der Waals surface area (Å²) in [5, 5.41) is 8.92. The lowest BCUT2D eigenvalue weighted by atomic mass is 9.99. The Morgan fingerprint density at radius 2 is 1.90 bits per heavy atom. The summed E-state index contributed by atoms with van der Waals surface area (Å²) in [5.41, 5.74) is -1.35. The van der Waals surface area contributed by atoms with E-state index in [0.29, 0.717) is 0 Å². The van der Waals surface area contributed by atoms with Crippen LogP contribution in [0.1, 0.15) is 15.9 Å². The van der Waals surface area contributed by atoms with E-state index in [1.807, 2.05) is 0 Å². The first-order valence-corrected chi connectivity index (χ1v) is 5.73. The summed E-state index contributed by atoms with van der Waals surface area (Å²) in [5.74, 6) is -1.25. The van der Waals surface area contributed by atoms with Crippen LogP contribution in [0.4, 0.5) is 13.2 Å². The molecule has 3 nitrogen and oxygen atoms in total. The lowest BCUT2D eigenvalue weighted by Crippen LogP contribution is -2.08. The van der Waals surface area contributed by atoms with Crippen molar-refractivity contribution in [2.24, 2.45) is 0 Å². The van der Waals surface area contributed by atoms with Crippen molar-refractivity contribution >= 4 is 17.6 Å². The molecule has 20 heavy (non-hydrogen) atoms. The summed E-state index contributed by atoms with van der Waals surface area (Å²) in [4.78, 5) is 14.5. The second-order valence-electron chi connectivity index (χ2n) is 3.92. The first-order chi connectivity index (χ1) is 9.30. The van der Waals surface area contributed by atoms with Crippen molar-refractivity contribution in [1.82, 2.24) is 4.98 Å². The fraction of sp³-hybridized carbons (Fsp3) is 0.0769. The third-order valence-electron chi connectivity index (χ3n) is 2.63. The van der Waals surface area contributed by atoms with Crippen LogP contribution in [0.5, 0.6) is 0 Å². The summed E-state index contributed by atoms with van der Waals surface area (Å²) >= 11 is 5.87. The minimum Gasteiger partial charge on any atom is -0.478 e. The van der Waals surface area contributed by atoms with Gasteiger partial charge in [-0.15, -0.1) is 0 Å². The Hall–Kier alpha value is -2.08. The van der Waals surface area contributed by atoms with Gasteiger partial charge in [-0.2, -0.15) is 13.2 Å². The number of hydrogen-bond acceptors (Lipinski definition) is 2. The minimum atomic E-state index is -4.58. The Kier molecular flexibility index (Phi) is 3.67. The van der Waals surface area contributed by atoms with Gasteiger partial charge in [0, 0.05) is 28.5 Å². The quantitative estimate of drug-likeness (QED) is 0.907. The molecule has 0 spiro atoms. The Labute approximate surface area is 116 Å². The SMILES string of the molecule is O=C(O)c1ccc(Cl)c(-c2cnccc2C(F)(F)F)c1. The zero-order valence-corrected chi connectivity index (χ0v) is 10.5. The third kappa shape index (κ3) is 2.75. The van der Waals surface area contributed by atoms with Gasteiger partial charge in [0.2, 0.25) is 0 Å². The molecule has 0 aliphatic carbocycles. The molecule has 104 valence electrons. The Balaban J connectivity index is 2.69. The second kappa shape index (κ2) is 5.13. The molecule has 2 rings (SSSR count). The summed E-state index contributed by atoms with van der Waals surface area (Å²) < 4.78 is 38.8. The van der Waals surface area contributed by atoms with Gasteiger partial charge in [0.05, 0.1) is 11.1 Å². The Bertz CT molecular complexity index is 671. The number of carbonyl (C=O) groups is 1. The normalized spacial score (nSPS) is 11.4. The molecule has 1 heterocycles. The number of halogens is 4. The van der Waals surface area contributed by atoms with E-state index in [1.165, 1.54) is 12.1 Å². The Morgan fingerprint density at radius 3 is 2.50 bits per heavy atom. The van der Waals surface area contributed by atoms with Crippen LogP contribution >= 0.6 is 11.6 Å². The number of aromatic carboxylic acids is 1. The molecule has 0 saturated heterocycles. The highest BCUT2D eigenvalue weighted by atomic mass is 35.5. The van der Waals surface area contributed by atoms with E-state index < -0.39 is 17.7 Å². The molecule has 0 aliphatic heterocycles. The minimum absolute atomic E-state index is 0.0213. The number of carboxylic acids is 1. The van der Waals surface area contributed by atoms with E-state index in [9.17, 15) is 18.0 Å². The summed E-state index contributed by atoms with van der Waals surface area (Å²) in [6.07, 6.45) is -2.56. The number of alkyl halides is 3. The number of rotatable bonds is 2. The molecule has 1 aromatic carbocycles. The molecule has 0 saturated carbocycles. The summed E-state index contributed by atoms with van der Waals surface area (Å²) in [6, 6.07) is 4.38. The molecule has 1 N–H and O–H groups in total. The molecule has 0 aliphatic rings. The molecule has 0 unspecified atom stereocenters. The number of pyridine rings is 1. The van der Waals surface area contributed by atoms with Crippen LogP contribution < -0.4 is 0 Å². The van der Waals surface area contributed by atoms with E-state index in [4.69, 9.17) is 16.7 Å². The van der Waals surface area contributed by atoms with Crippen molar-refractivity contribution in [1.29, 1.82) is 0 Å². The summed E-state index contributed by atoms with van der Waals surface area (Å²) in [7, 11) is 0. The van der Waals surface area contributed by atoms with Crippen LogP contribution in [0.15, 0.2) is 36.7 Å². The first kappa shape index (κ1) is 14.3. The number of aromatic nitrogens is 1.